The van der Waals surface area contributed by atoms with Crippen molar-refractivity contribution in [1.82, 2.24) is 15.5 Å². The zero-order valence-electron chi connectivity index (χ0n) is 14.7. The van der Waals surface area contributed by atoms with E-state index in [1.54, 1.807) is 6.07 Å². The van der Waals surface area contributed by atoms with E-state index in [1.165, 1.54) is 0 Å². The summed E-state index contributed by atoms with van der Waals surface area (Å²) in [5.74, 6) is -0.870. The smallest absolute Gasteiger partial charge is 0.314 e. The molecule has 0 spiro atoms. The molecular formula is C17H24Cl3N3O4. The normalized spacial score (nSPS) is 17.0. The second-order valence-corrected chi connectivity index (χ2v) is 6.92. The number of carbonyl (C=O) groups excluding carboxylic acids is 1. The zero-order valence-corrected chi connectivity index (χ0v) is 17.1. The van der Waals surface area contributed by atoms with Gasteiger partial charge in [-0.1, -0.05) is 29.3 Å². The molecule has 1 aliphatic rings. The lowest BCUT2D eigenvalue weighted by Gasteiger charge is -2.33. The third-order valence-corrected chi connectivity index (χ3v) is 4.70. The van der Waals surface area contributed by atoms with Gasteiger partial charge in [0.2, 0.25) is 0 Å². The molecule has 1 aromatic rings. The van der Waals surface area contributed by atoms with E-state index in [0.717, 1.165) is 18.7 Å². The Labute approximate surface area is 174 Å². The topological polar surface area (TPSA) is 90.9 Å². The highest BCUT2D eigenvalue weighted by Gasteiger charge is 2.21. The third kappa shape index (κ3) is 8.99. The Hall–Kier alpha value is -1.25. The second-order valence-electron chi connectivity index (χ2n) is 6.11. The summed E-state index contributed by atoms with van der Waals surface area (Å²) in [5, 5.41) is 15.0. The minimum atomic E-state index is -0.870. The fourth-order valence-corrected chi connectivity index (χ4v) is 2.97. The first kappa shape index (κ1) is 23.8. The molecule has 1 heterocycles. The lowest BCUT2D eigenvalue weighted by molar-refractivity contribution is -0.137. The summed E-state index contributed by atoms with van der Waals surface area (Å²) in [6.45, 7) is 3.54. The molecular weight excluding hydrogens is 417 g/mol. The number of urea groups is 1. The highest BCUT2D eigenvalue weighted by Crippen LogP contribution is 2.23. The van der Waals surface area contributed by atoms with Crippen molar-refractivity contribution in [2.45, 2.75) is 25.5 Å². The van der Waals surface area contributed by atoms with Gasteiger partial charge in [0, 0.05) is 39.1 Å². The number of morpholine rings is 1. The minimum Gasteiger partial charge on any atom is -0.481 e. The van der Waals surface area contributed by atoms with Gasteiger partial charge in [-0.15, -0.1) is 12.4 Å². The van der Waals surface area contributed by atoms with Crippen LogP contribution >= 0.6 is 35.6 Å². The van der Waals surface area contributed by atoms with Crippen LogP contribution < -0.4 is 10.6 Å². The lowest BCUT2D eigenvalue weighted by Crippen LogP contribution is -2.48. The van der Waals surface area contributed by atoms with Crippen LogP contribution in [0.1, 0.15) is 18.4 Å². The maximum Gasteiger partial charge on any atom is 0.314 e. The molecule has 2 rings (SSSR count). The Kier molecular flexibility index (Phi) is 10.8. The molecule has 1 saturated heterocycles. The second kappa shape index (κ2) is 12.3. The van der Waals surface area contributed by atoms with Gasteiger partial charge in [0.1, 0.15) is 0 Å². The average molecular weight is 441 g/mol. The molecule has 0 unspecified atom stereocenters. The molecule has 1 aliphatic heterocycles. The number of benzene rings is 1. The number of hydrogen-bond donors (Lipinski definition) is 3. The molecule has 1 fully saturated rings. The van der Waals surface area contributed by atoms with Crippen LogP contribution in [0.4, 0.5) is 4.79 Å². The standard InChI is InChI=1S/C17H23Cl2N3O4.ClH/c18-14-4-3-12(8-15(14)19)10-22-6-7-26-13(11-22)9-21-17(25)20-5-1-2-16(23)24;/h3-4,8,13H,1-2,5-7,9-11H2,(H,23,24)(H2,20,21,25);1H/t13-;/m0./s1. The van der Waals surface area contributed by atoms with Crippen molar-refractivity contribution in [2.75, 3.05) is 32.8 Å². The molecule has 7 nitrogen and oxygen atoms in total. The van der Waals surface area contributed by atoms with Gasteiger partial charge in [-0.3, -0.25) is 9.69 Å². The summed E-state index contributed by atoms with van der Waals surface area (Å²) >= 11 is 12.0. The van der Waals surface area contributed by atoms with Crippen molar-refractivity contribution in [3.8, 4) is 0 Å². The highest BCUT2D eigenvalue weighted by molar-refractivity contribution is 6.42. The fourth-order valence-electron chi connectivity index (χ4n) is 2.65. The van der Waals surface area contributed by atoms with E-state index < -0.39 is 5.97 Å². The maximum atomic E-state index is 11.7. The highest BCUT2D eigenvalue weighted by atomic mass is 35.5. The van der Waals surface area contributed by atoms with Gasteiger partial charge < -0.3 is 20.5 Å². The molecule has 2 amide bonds. The largest absolute Gasteiger partial charge is 0.481 e. The predicted molar refractivity (Wildman–Crippen MR) is 107 cm³/mol. The Balaban J connectivity index is 0.00000364. The number of halogens is 3. The van der Waals surface area contributed by atoms with Crippen LogP contribution in [-0.2, 0) is 16.1 Å². The van der Waals surface area contributed by atoms with Gasteiger partial charge in [0.25, 0.3) is 0 Å². The van der Waals surface area contributed by atoms with E-state index in [-0.39, 0.29) is 31.0 Å². The van der Waals surface area contributed by atoms with Crippen molar-refractivity contribution in [1.29, 1.82) is 0 Å². The number of carboxylic acid groups (broad SMARTS) is 1. The van der Waals surface area contributed by atoms with Gasteiger partial charge in [0.05, 0.1) is 22.8 Å². The number of hydrogen-bond acceptors (Lipinski definition) is 4. The van der Waals surface area contributed by atoms with Crippen molar-refractivity contribution in [3.63, 3.8) is 0 Å². The summed E-state index contributed by atoms with van der Waals surface area (Å²) in [6.07, 6.45) is 0.340. The van der Waals surface area contributed by atoms with E-state index in [2.05, 4.69) is 15.5 Å². The van der Waals surface area contributed by atoms with E-state index >= 15 is 0 Å². The molecule has 1 aromatic carbocycles. The molecule has 0 bridgehead atoms. The molecule has 3 N–H and O–H groups in total. The van der Waals surface area contributed by atoms with E-state index in [0.29, 0.717) is 42.7 Å². The Morgan fingerprint density at radius 2 is 2.04 bits per heavy atom. The van der Waals surface area contributed by atoms with Crippen molar-refractivity contribution in [3.05, 3.63) is 33.8 Å². The minimum absolute atomic E-state index is 0. The number of rotatable bonds is 8. The van der Waals surface area contributed by atoms with E-state index in [9.17, 15) is 9.59 Å². The molecule has 0 aromatic heterocycles. The average Bonchev–Trinajstić information content (AvgIpc) is 2.60. The van der Waals surface area contributed by atoms with Gasteiger partial charge in [-0.05, 0) is 24.1 Å². The quantitative estimate of drug-likeness (QED) is 0.541. The number of carbonyl (C=O) groups is 2. The van der Waals surface area contributed by atoms with Crippen LogP contribution in [0, 0.1) is 0 Å². The summed E-state index contributed by atoms with van der Waals surface area (Å²) in [6, 6.07) is 5.27. The van der Waals surface area contributed by atoms with Crippen molar-refractivity contribution >= 4 is 47.6 Å². The summed E-state index contributed by atoms with van der Waals surface area (Å²) in [5.41, 5.74) is 1.07. The lowest BCUT2D eigenvalue weighted by atomic mass is 10.2. The van der Waals surface area contributed by atoms with Crippen LogP contribution in [0.25, 0.3) is 0 Å². The van der Waals surface area contributed by atoms with Crippen LogP contribution in [0.5, 0.6) is 0 Å². The van der Waals surface area contributed by atoms with Crippen LogP contribution in [0.15, 0.2) is 18.2 Å². The fraction of sp³-hybridized carbons (Fsp3) is 0.529. The third-order valence-electron chi connectivity index (χ3n) is 3.96. The number of amides is 2. The molecule has 1 atom stereocenters. The Morgan fingerprint density at radius 1 is 1.26 bits per heavy atom. The monoisotopic (exact) mass is 439 g/mol. The van der Waals surface area contributed by atoms with E-state index in [1.807, 2.05) is 12.1 Å². The van der Waals surface area contributed by atoms with Gasteiger partial charge in [-0.2, -0.15) is 0 Å². The first-order chi connectivity index (χ1) is 12.4. The number of aliphatic carboxylic acids is 1. The Bertz CT molecular complexity index is 633. The van der Waals surface area contributed by atoms with Crippen LogP contribution in [0.2, 0.25) is 10.0 Å². The summed E-state index contributed by atoms with van der Waals surface area (Å²) < 4.78 is 5.69. The zero-order chi connectivity index (χ0) is 18.9. The van der Waals surface area contributed by atoms with Crippen LogP contribution in [-0.4, -0.2) is 60.9 Å². The predicted octanol–water partition coefficient (Wildman–Crippen LogP) is 2.78. The van der Waals surface area contributed by atoms with E-state index in [4.69, 9.17) is 33.0 Å². The SMILES string of the molecule is Cl.O=C(O)CCCNC(=O)NC[C@H]1CN(Cc2ccc(Cl)c(Cl)c2)CCO1. The molecule has 10 heteroatoms. The summed E-state index contributed by atoms with van der Waals surface area (Å²) in [4.78, 5) is 24.4. The molecule has 27 heavy (non-hydrogen) atoms. The Morgan fingerprint density at radius 3 is 2.74 bits per heavy atom. The van der Waals surface area contributed by atoms with Gasteiger partial charge >= 0.3 is 12.0 Å². The molecule has 152 valence electrons. The first-order valence-electron chi connectivity index (χ1n) is 8.45. The molecule has 0 saturated carbocycles. The number of nitrogens with one attached hydrogen (secondary N) is 2. The van der Waals surface area contributed by atoms with Crippen LogP contribution in [0.3, 0.4) is 0 Å². The molecule has 0 aliphatic carbocycles. The number of ether oxygens (including phenoxy) is 1. The summed E-state index contributed by atoms with van der Waals surface area (Å²) in [7, 11) is 0. The first-order valence-corrected chi connectivity index (χ1v) is 9.21. The number of nitrogens with zero attached hydrogens (tertiary/aromatic N) is 1. The van der Waals surface area contributed by atoms with Gasteiger partial charge in [0.15, 0.2) is 0 Å². The van der Waals surface area contributed by atoms with Crippen molar-refractivity contribution in [2.24, 2.45) is 0 Å². The molecule has 0 radical (unpaired) electrons. The van der Waals surface area contributed by atoms with Crippen molar-refractivity contribution < 1.29 is 19.4 Å². The maximum absolute atomic E-state index is 11.7. The van der Waals surface area contributed by atoms with Gasteiger partial charge in [-0.25, -0.2) is 4.79 Å². The number of carboxylic acids is 1.